The number of hydrogen-bond acceptors (Lipinski definition) is 3. The van der Waals surface area contributed by atoms with Crippen LogP contribution in [0.5, 0.6) is 0 Å². The molecule has 1 saturated heterocycles. The molecule has 156 valence electrons. The normalized spacial score (nSPS) is 15.3. The summed E-state index contributed by atoms with van der Waals surface area (Å²) in [7, 11) is 1.79. The van der Waals surface area contributed by atoms with Gasteiger partial charge in [-0.05, 0) is 43.0 Å². The second kappa shape index (κ2) is 9.48. The summed E-state index contributed by atoms with van der Waals surface area (Å²) >= 11 is 0. The topological polar surface area (TPSA) is 68.3 Å². The number of benzene rings is 2. The van der Waals surface area contributed by atoms with Crippen molar-refractivity contribution in [3.05, 3.63) is 72.2 Å². The average Bonchev–Trinajstić information content (AvgIpc) is 3.50. The van der Waals surface area contributed by atoms with Crippen LogP contribution in [0.4, 0.5) is 5.69 Å². The maximum atomic E-state index is 4.49. The third-order valence-corrected chi connectivity index (χ3v) is 5.55. The van der Waals surface area contributed by atoms with Gasteiger partial charge in [-0.2, -0.15) is 0 Å². The van der Waals surface area contributed by atoms with E-state index in [1.54, 1.807) is 7.05 Å². The van der Waals surface area contributed by atoms with E-state index in [0.717, 1.165) is 36.1 Å². The molecule has 1 unspecified atom stereocenters. The lowest BCUT2D eigenvalue weighted by Crippen LogP contribution is -2.38. The largest absolute Gasteiger partial charge is 0.372 e. The van der Waals surface area contributed by atoms with Gasteiger partial charge in [-0.15, -0.1) is 0 Å². The van der Waals surface area contributed by atoms with Crippen LogP contribution < -0.4 is 15.5 Å². The van der Waals surface area contributed by atoms with Crippen molar-refractivity contribution in [1.82, 2.24) is 20.6 Å². The molecule has 1 aliphatic rings. The minimum Gasteiger partial charge on any atom is -0.372 e. The number of guanidine groups is 1. The molecule has 2 aromatic carbocycles. The maximum Gasteiger partial charge on any atom is 0.191 e. The minimum atomic E-state index is 0.148. The third kappa shape index (κ3) is 4.82. The third-order valence-electron chi connectivity index (χ3n) is 5.55. The smallest absolute Gasteiger partial charge is 0.191 e. The van der Waals surface area contributed by atoms with Crippen LogP contribution in [-0.4, -0.2) is 36.1 Å². The molecule has 1 fully saturated rings. The predicted molar refractivity (Wildman–Crippen MR) is 124 cm³/mol. The monoisotopic (exact) mass is 402 g/mol. The van der Waals surface area contributed by atoms with Crippen LogP contribution in [-0.2, 0) is 6.54 Å². The zero-order chi connectivity index (χ0) is 20.8. The van der Waals surface area contributed by atoms with Crippen molar-refractivity contribution >= 4 is 11.6 Å². The number of nitrogens with one attached hydrogen (secondary N) is 3. The summed E-state index contributed by atoms with van der Waals surface area (Å²) in [6.07, 6.45) is 4.44. The summed E-state index contributed by atoms with van der Waals surface area (Å²) in [5, 5.41) is 6.84. The van der Waals surface area contributed by atoms with E-state index in [1.807, 2.05) is 24.4 Å². The first-order valence-electron chi connectivity index (χ1n) is 10.6. The number of rotatable bonds is 6. The molecule has 0 amide bonds. The van der Waals surface area contributed by atoms with Crippen LogP contribution in [0.25, 0.3) is 11.3 Å². The van der Waals surface area contributed by atoms with Crippen molar-refractivity contribution < 1.29 is 0 Å². The zero-order valence-electron chi connectivity index (χ0n) is 17.7. The van der Waals surface area contributed by atoms with Gasteiger partial charge in [-0.1, -0.05) is 42.5 Å². The second-order valence-electron chi connectivity index (χ2n) is 7.69. The lowest BCUT2D eigenvalue weighted by molar-refractivity contribution is 0.680. The number of anilines is 1. The average molecular weight is 403 g/mol. The van der Waals surface area contributed by atoms with Crippen LogP contribution in [0.2, 0.25) is 0 Å². The lowest BCUT2D eigenvalue weighted by Gasteiger charge is -2.22. The van der Waals surface area contributed by atoms with Gasteiger partial charge in [0.2, 0.25) is 0 Å². The number of imidazole rings is 1. The van der Waals surface area contributed by atoms with Gasteiger partial charge in [0, 0.05) is 25.8 Å². The number of aromatic amines is 1. The lowest BCUT2D eigenvalue weighted by atomic mass is 10.1. The van der Waals surface area contributed by atoms with Crippen LogP contribution >= 0.6 is 0 Å². The first-order valence-corrected chi connectivity index (χ1v) is 10.6. The van der Waals surface area contributed by atoms with Crippen LogP contribution in [0.15, 0.2) is 65.8 Å². The molecule has 0 saturated carbocycles. The Kier molecular flexibility index (Phi) is 6.32. The molecule has 0 aliphatic carbocycles. The molecule has 0 radical (unpaired) electrons. The maximum absolute atomic E-state index is 4.49. The van der Waals surface area contributed by atoms with Crippen LogP contribution in [0.3, 0.4) is 0 Å². The van der Waals surface area contributed by atoms with E-state index in [4.69, 9.17) is 0 Å². The summed E-state index contributed by atoms with van der Waals surface area (Å²) in [6.45, 7) is 5.05. The Balaban J connectivity index is 1.35. The van der Waals surface area contributed by atoms with Gasteiger partial charge in [0.15, 0.2) is 5.96 Å². The summed E-state index contributed by atoms with van der Waals surface area (Å²) in [5.41, 5.74) is 4.71. The van der Waals surface area contributed by atoms with E-state index in [9.17, 15) is 0 Å². The Labute approximate surface area is 178 Å². The van der Waals surface area contributed by atoms with Gasteiger partial charge in [-0.3, -0.25) is 4.99 Å². The first-order chi connectivity index (χ1) is 14.7. The van der Waals surface area contributed by atoms with Gasteiger partial charge >= 0.3 is 0 Å². The number of aromatic nitrogens is 2. The first kappa shape index (κ1) is 20.0. The fourth-order valence-corrected chi connectivity index (χ4v) is 3.83. The second-order valence-corrected chi connectivity index (χ2v) is 7.69. The van der Waals surface area contributed by atoms with E-state index in [-0.39, 0.29) is 6.04 Å². The van der Waals surface area contributed by atoms with E-state index < -0.39 is 0 Å². The summed E-state index contributed by atoms with van der Waals surface area (Å²) in [6, 6.07) is 19.2. The van der Waals surface area contributed by atoms with E-state index in [0.29, 0.717) is 6.54 Å². The van der Waals surface area contributed by atoms with E-state index >= 15 is 0 Å². The van der Waals surface area contributed by atoms with Gasteiger partial charge in [-0.25, -0.2) is 4.98 Å². The van der Waals surface area contributed by atoms with Crippen molar-refractivity contribution in [1.29, 1.82) is 0 Å². The van der Waals surface area contributed by atoms with E-state index in [2.05, 4.69) is 73.8 Å². The minimum absolute atomic E-state index is 0.148. The SMILES string of the molecule is CN=C(NCc1ncc(-c2ccccc2)[nH]1)NC(C)c1cccc(N2CCCC2)c1. The van der Waals surface area contributed by atoms with Crippen LogP contribution in [0.1, 0.15) is 37.2 Å². The molecule has 1 aliphatic heterocycles. The molecular formula is C24H30N6. The Bertz CT molecular complexity index is 972. The van der Waals surface area contributed by atoms with E-state index in [1.165, 1.54) is 24.1 Å². The molecule has 2 heterocycles. The standard InChI is InChI=1S/C24H30N6/c1-18(20-11-8-12-21(15-20)30-13-6-7-14-30)28-24(25-2)27-17-23-26-16-22(29-23)19-9-4-3-5-10-19/h3-5,8-12,15-16,18H,6-7,13-14,17H2,1-2H3,(H,26,29)(H2,25,27,28). The van der Waals surface area contributed by atoms with Gasteiger partial charge in [0.05, 0.1) is 24.5 Å². The van der Waals surface area contributed by atoms with Crippen molar-refractivity contribution in [3.8, 4) is 11.3 Å². The Morgan fingerprint density at radius 1 is 1.13 bits per heavy atom. The van der Waals surface area contributed by atoms with Crippen molar-refractivity contribution in [2.24, 2.45) is 4.99 Å². The number of nitrogens with zero attached hydrogens (tertiary/aromatic N) is 3. The summed E-state index contributed by atoms with van der Waals surface area (Å²) < 4.78 is 0. The summed E-state index contributed by atoms with van der Waals surface area (Å²) in [4.78, 5) is 14.7. The predicted octanol–water partition coefficient (Wildman–Crippen LogP) is 4.10. The number of hydrogen-bond donors (Lipinski definition) is 3. The molecule has 3 aromatic rings. The molecule has 0 spiro atoms. The van der Waals surface area contributed by atoms with Gasteiger partial charge < -0.3 is 20.5 Å². The Morgan fingerprint density at radius 3 is 2.70 bits per heavy atom. The van der Waals surface area contributed by atoms with Crippen molar-refractivity contribution in [2.75, 3.05) is 25.0 Å². The van der Waals surface area contributed by atoms with Crippen molar-refractivity contribution in [2.45, 2.75) is 32.4 Å². The fourth-order valence-electron chi connectivity index (χ4n) is 3.83. The molecule has 1 atom stereocenters. The number of aliphatic imine (C=N–C) groups is 1. The molecule has 6 nitrogen and oxygen atoms in total. The molecule has 0 bridgehead atoms. The van der Waals surface area contributed by atoms with Gasteiger partial charge in [0.25, 0.3) is 0 Å². The van der Waals surface area contributed by atoms with Crippen molar-refractivity contribution in [3.63, 3.8) is 0 Å². The van der Waals surface area contributed by atoms with Crippen LogP contribution in [0, 0.1) is 0 Å². The quantitative estimate of drug-likeness (QED) is 0.429. The molecular weight excluding hydrogens is 372 g/mol. The molecule has 3 N–H and O–H groups in total. The molecule has 30 heavy (non-hydrogen) atoms. The molecule has 4 rings (SSSR count). The molecule has 6 heteroatoms. The highest BCUT2D eigenvalue weighted by molar-refractivity contribution is 5.80. The zero-order valence-corrected chi connectivity index (χ0v) is 17.7. The highest BCUT2D eigenvalue weighted by atomic mass is 15.2. The van der Waals surface area contributed by atoms with Gasteiger partial charge in [0.1, 0.15) is 5.82 Å². The highest BCUT2D eigenvalue weighted by Gasteiger charge is 2.14. The fraction of sp³-hybridized carbons (Fsp3) is 0.333. The number of H-pyrrole nitrogens is 1. The molecule has 1 aromatic heterocycles. The summed E-state index contributed by atoms with van der Waals surface area (Å²) in [5.74, 6) is 1.63. The Hall–Kier alpha value is -3.28. The Morgan fingerprint density at radius 2 is 1.93 bits per heavy atom. The highest BCUT2D eigenvalue weighted by Crippen LogP contribution is 2.24.